The highest BCUT2D eigenvalue weighted by atomic mass is 35.5. The molecule has 5 fully saturated rings. The maximum Gasteiger partial charge on any atom is 0.269 e. The van der Waals surface area contributed by atoms with Crippen LogP contribution in [-0.4, -0.2) is 87.4 Å². The summed E-state index contributed by atoms with van der Waals surface area (Å²) in [6.45, 7) is 39.9. The third-order valence-electron chi connectivity index (χ3n) is 21.5. The number of nitro groups is 1. The molecule has 13 heteroatoms. The molecule has 2 unspecified atom stereocenters. The molecule has 14 rings (SSSR count). The number of methoxy groups -OCH3 is 2. The lowest BCUT2D eigenvalue weighted by Crippen LogP contribution is -2.36. The summed E-state index contributed by atoms with van der Waals surface area (Å²) >= 11 is 7.53. The number of halogens is 1. The molecule has 0 bridgehead atoms. The predicted molar refractivity (Wildman–Crippen MR) is 509 cm³/mol. The summed E-state index contributed by atoms with van der Waals surface area (Å²) in [6.07, 6.45) is 44.6. The molecule has 5 aromatic carbocycles. The van der Waals surface area contributed by atoms with E-state index in [9.17, 15) is 10.1 Å². The van der Waals surface area contributed by atoms with Gasteiger partial charge in [0.1, 0.15) is 23.0 Å². The second kappa shape index (κ2) is 75.6. The minimum Gasteiger partial charge on any atom is -0.497 e. The Hall–Kier alpha value is -6.35. The first kappa shape index (κ1) is 110. The van der Waals surface area contributed by atoms with Crippen molar-refractivity contribution in [3.8, 4) is 5.75 Å². The number of furan rings is 2. The van der Waals surface area contributed by atoms with E-state index in [4.69, 9.17) is 44.5 Å². The first-order valence-electron chi connectivity index (χ1n) is 46.2. The Bertz CT molecular complexity index is 3360. The van der Waals surface area contributed by atoms with Gasteiger partial charge >= 0.3 is 0 Å². The van der Waals surface area contributed by atoms with E-state index in [1.165, 1.54) is 201 Å². The Kier molecular flexibility index (Phi) is 70.3. The number of rotatable bonds is 19. The van der Waals surface area contributed by atoms with Gasteiger partial charge in [0.05, 0.1) is 43.7 Å². The predicted octanol–water partition coefficient (Wildman–Crippen LogP) is 30.6. The van der Waals surface area contributed by atoms with Gasteiger partial charge in [-0.1, -0.05) is 302 Å². The van der Waals surface area contributed by atoms with Crippen molar-refractivity contribution in [3.05, 3.63) is 246 Å². The summed E-state index contributed by atoms with van der Waals surface area (Å²) in [5.41, 5.74) is 8.61. The van der Waals surface area contributed by atoms with Crippen LogP contribution in [0.1, 0.15) is 319 Å². The second-order valence-electron chi connectivity index (χ2n) is 31.8. The maximum atomic E-state index is 10.2. The highest BCUT2D eigenvalue weighted by Crippen LogP contribution is 2.32. The molecular weight excluding hydrogens is 1500 g/mol. The number of non-ortho nitro benzene ring substituents is 1. The quantitative estimate of drug-likeness (QED) is 0.0617. The zero-order chi connectivity index (χ0) is 86.9. The van der Waals surface area contributed by atoms with Crippen LogP contribution in [0.4, 0.5) is 5.69 Å². The number of morpholine rings is 1. The Morgan fingerprint density at radius 1 is 0.525 bits per heavy atom. The topological polar surface area (TPSA) is 130 Å². The molecular formula is C105H167ClN2O9S. The molecule has 5 heterocycles. The van der Waals surface area contributed by atoms with E-state index >= 15 is 0 Å². The molecule has 2 aliphatic heterocycles. The van der Waals surface area contributed by atoms with Crippen LogP contribution >= 0.6 is 22.9 Å². The molecule has 2 atom stereocenters. The van der Waals surface area contributed by atoms with Gasteiger partial charge in [-0.3, -0.25) is 15.0 Å². The van der Waals surface area contributed by atoms with Crippen molar-refractivity contribution in [2.75, 3.05) is 60.3 Å². The van der Waals surface area contributed by atoms with Crippen molar-refractivity contribution in [2.24, 2.45) is 17.8 Å². The van der Waals surface area contributed by atoms with Gasteiger partial charge in [-0.05, 0) is 233 Å². The third kappa shape index (κ3) is 58.6. The van der Waals surface area contributed by atoms with Crippen LogP contribution in [-0.2, 0) is 65.6 Å². The van der Waals surface area contributed by atoms with Crippen molar-refractivity contribution < 1.29 is 37.8 Å². The number of nitro benzene ring substituents is 1. The first-order chi connectivity index (χ1) is 57.3. The number of ether oxygens (including phenoxy) is 4. The van der Waals surface area contributed by atoms with E-state index in [0.717, 1.165) is 148 Å². The number of fused-ring (bicyclic) bond motifs is 1. The third-order valence-corrected chi connectivity index (χ3v) is 22.8. The van der Waals surface area contributed by atoms with Crippen LogP contribution in [0.2, 0.25) is 5.02 Å². The van der Waals surface area contributed by atoms with Crippen molar-refractivity contribution in [2.45, 2.75) is 334 Å². The van der Waals surface area contributed by atoms with Crippen LogP contribution in [0.5, 0.6) is 5.75 Å². The molecule has 3 aromatic heterocycles. The van der Waals surface area contributed by atoms with E-state index in [0.29, 0.717) is 6.10 Å². The number of nitrogens with zero attached hydrogens (tertiary/aromatic N) is 2. The fourth-order valence-corrected chi connectivity index (χ4v) is 14.6. The zero-order valence-electron chi connectivity index (χ0n) is 77.4. The molecule has 4 aliphatic carbocycles. The van der Waals surface area contributed by atoms with Gasteiger partial charge in [0.25, 0.3) is 5.69 Å². The largest absolute Gasteiger partial charge is 0.497 e. The molecule has 0 amide bonds. The molecule has 3 saturated carbocycles. The van der Waals surface area contributed by atoms with Crippen molar-refractivity contribution >= 4 is 28.6 Å². The number of hydrogen-bond donors (Lipinski definition) is 1. The lowest BCUT2D eigenvalue weighted by atomic mass is 9.88. The fraction of sp³-hybridized carbons (Fsp3) is 0.600. The van der Waals surface area contributed by atoms with Crippen molar-refractivity contribution in [3.63, 3.8) is 0 Å². The van der Waals surface area contributed by atoms with Gasteiger partial charge in [-0.2, -0.15) is 0 Å². The highest BCUT2D eigenvalue weighted by Gasteiger charge is 2.18. The number of benzene rings is 5. The number of aliphatic hydroxyl groups is 1. The van der Waals surface area contributed by atoms with E-state index in [-0.39, 0.29) is 16.7 Å². The maximum absolute atomic E-state index is 10.2. The first-order valence-corrected chi connectivity index (χ1v) is 47.5. The van der Waals surface area contributed by atoms with Crippen LogP contribution in [0, 0.1) is 34.8 Å². The van der Waals surface area contributed by atoms with E-state index in [1.54, 1.807) is 43.7 Å². The van der Waals surface area contributed by atoms with Gasteiger partial charge in [0.2, 0.25) is 0 Å². The highest BCUT2D eigenvalue weighted by molar-refractivity contribution is 7.09. The van der Waals surface area contributed by atoms with Crippen LogP contribution in [0.3, 0.4) is 0 Å². The molecule has 6 aliphatic rings. The van der Waals surface area contributed by atoms with Crippen LogP contribution < -0.4 is 4.74 Å². The van der Waals surface area contributed by atoms with Crippen LogP contribution in [0.15, 0.2) is 184 Å². The van der Waals surface area contributed by atoms with Gasteiger partial charge in [0.15, 0.2) is 0 Å². The Balaban J connectivity index is 0.000000638. The fourth-order valence-electron chi connectivity index (χ4n) is 13.8. The monoisotopic (exact) mass is 1670 g/mol. The summed E-state index contributed by atoms with van der Waals surface area (Å²) in [7, 11) is 3.40. The smallest absolute Gasteiger partial charge is 0.269 e. The van der Waals surface area contributed by atoms with E-state index in [2.05, 4.69) is 191 Å². The second-order valence-corrected chi connectivity index (χ2v) is 33.2. The standard InChI is InChI=1S/C10H14O.C10H12.C9H11Cl.C9H12.C8H9NO2.C8H17NO.C8H16.C7H14O.C7H10O.C7H14.C6H12O.C6H8O.C6H8S.C4H10O/c1-3-4-9-5-7-10(11-2)8-6-9;1-8-6-7-9-4-2-3-5-10(8)9;1-2-3-8-4-6-9(10)7-5-8;1-2-6-9-7-4-3-5-8-9;1-2-7-3-5-8(6-4-7)9(10)11;1-2-3-4-9-5-7-10-8-6-9;1-2-8-6-4-3-5-7-8;1-6-2-4-7(8)5-3-6;1-3-7-5-4-6(2)8-7;1-7-5-3-2-4-6-7;3*1-2-6-4-3-5-7-6;1-3-4-5-2/h5-8H,3-4H2,1-2H3;2-5,8H,6-7H2,1H3;4-7H,2-3H2,1H3;3-5,7-8H,2,6H2,1H3;3-6H,2H2,1H3;2-8H2,1H3;8H,2-7H2,1H3;6-8H,2-5H2,1H3;4-5H,3H2,1-2H3;7H,2-6H2,1H3;6H,2-5H2,1H3;2*3-5H,2H2,1H3;3-4H2,1-2H3. The molecule has 0 spiro atoms. The molecule has 664 valence electrons. The van der Waals surface area contributed by atoms with Crippen molar-refractivity contribution in [1.29, 1.82) is 0 Å². The summed E-state index contributed by atoms with van der Waals surface area (Å²) in [5.74, 6) is 7.85. The van der Waals surface area contributed by atoms with Crippen LogP contribution in [0.25, 0.3) is 0 Å². The normalized spacial score (nSPS) is 16.8. The Morgan fingerprint density at radius 3 is 1.47 bits per heavy atom. The minimum atomic E-state index is -0.389. The average molecular weight is 1670 g/mol. The SMILES string of the molecule is CC1CCC(O)CC1.CC1CCCCC1.CC1CCc2ccccc21.CCC1CCCCC1.CCC1CCCO1.CCCCN1CCOCC1.CCCOC.CCCc1ccc(Cl)cc1.CCCc1ccc(OC)cc1.CCCc1ccccc1.CCc1ccc(C)o1.CCc1ccc([N+](=O)[O-])cc1.CCc1ccco1.CCc1cccs1. The van der Waals surface area contributed by atoms with Gasteiger partial charge in [-0.15, -0.1) is 11.3 Å². The Labute approximate surface area is 730 Å². The van der Waals surface area contributed by atoms with E-state index < -0.39 is 0 Å². The van der Waals surface area contributed by atoms with Crippen molar-refractivity contribution in [1.82, 2.24) is 4.90 Å². The van der Waals surface area contributed by atoms with E-state index in [1.807, 2.05) is 73.7 Å². The summed E-state index contributed by atoms with van der Waals surface area (Å²) < 4.78 is 30.5. The minimum absolute atomic E-state index is 0.0196. The molecule has 2 saturated heterocycles. The number of unbranched alkanes of at least 4 members (excludes halogenated alkanes) is 1. The molecule has 11 nitrogen and oxygen atoms in total. The lowest BCUT2D eigenvalue weighted by molar-refractivity contribution is -0.384. The van der Waals surface area contributed by atoms with Gasteiger partial charge in [0, 0.05) is 68.3 Å². The Morgan fingerprint density at radius 2 is 1.09 bits per heavy atom. The molecule has 118 heavy (non-hydrogen) atoms. The summed E-state index contributed by atoms with van der Waals surface area (Å²) in [4.78, 5) is 13.8. The number of hydrogen-bond acceptors (Lipinski definition) is 11. The molecule has 8 aromatic rings. The number of thiophene rings is 1. The number of aryl methyl sites for hydroxylation is 9. The molecule has 0 radical (unpaired) electrons. The van der Waals surface area contributed by atoms with Gasteiger partial charge < -0.3 is 32.9 Å². The summed E-state index contributed by atoms with van der Waals surface area (Å²) in [6, 6.07) is 54.3. The number of aliphatic hydroxyl groups excluding tert-OH is 1. The summed E-state index contributed by atoms with van der Waals surface area (Å²) in [5, 5.41) is 22.2. The lowest BCUT2D eigenvalue weighted by Gasteiger charge is -2.26. The molecule has 1 N–H and O–H groups in total. The average Bonchev–Trinajstić information content (AvgIpc) is 1.70. The van der Waals surface area contributed by atoms with Gasteiger partial charge in [-0.25, -0.2) is 0 Å². The zero-order valence-corrected chi connectivity index (χ0v) is 79.0.